The van der Waals surface area contributed by atoms with Crippen LogP contribution >= 0.6 is 23.4 Å². The van der Waals surface area contributed by atoms with Crippen molar-refractivity contribution in [3.05, 3.63) is 53.4 Å². The summed E-state index contributed by atoms with van der Waals surface area (Å²) in [7, 11) is 0. The molecule has 0 bridgehead atoms. The van der Waals surface area contributed by atoms with Crippen LogP contribution < -0.4 is 11.1 Å². The molecule has 22 heavy (non-hydrogen) atoms. The summed E-state index contributed by atoms with van der Waals surface area (Å²) in [6.45, 7) is 0. The number of hydrogen-bond acceptors (Lipinski definition) is 4. The molecular formula is C15H15ClN2O3S. The Kier molecular flexibility index (Phi) is 5.91. The fourth-order valence-corrected chi connectivity index (χ4v) is 2.60. The molecule has 0 aliphatic rings. The highest BCUT2D eigenvalue weighted by atomic mass is 35.5. The summed E-state index contributed by atoms with van der Waals surface area (Å²) in [5, 5.41) is 3.26. The van der Waals surface area contributed by atoms with E-state index in [1.54, 1.807) is 24.3 Å². The van der Waals surface area contributed by atoms with Gasteiger partial charge in [-0.05, 0) is 36.4 Å². The van der Waals surface area contributed by atoms with E-state index in [0.717, 1.165) is 4.90 Å². The lowest BCUT2D eigenvalue weighted by Gasteiger charge is -2.14. The van der Waals surface area contributed by atoms with Crippen LogP contribution in [-0.2, 0) is 16.0 Å². The molecule has 0 aliphatic heterocycles. The first kappa shape index (κ1) is 16.5. The van der Waals surface area contributed by atoms with Crippen LogP contribution in [0.5, 0.6) is 0 Å². The smallest absolute Gasteiger partial charge is 0.240 e. The molecule has 0 spiro atoms. The van der Waals surface area contributed by atoms with E-state index in [1.807, 2.05) is 12.1 Å². The van der Waals surface area contributed by atoms with E-state index in [4.69, 9.17) is 21.8 Å². The van der Waals surface area contributed by atoms with Gasteiger partial charge in [0.25, 0.3) is 0 Å². The number of amides is 2. The van der Waals surface area contributed by atoms with Gasteiger partial charge in [0, 0.05) is 16.3 Å². The van der Waals surface area contributed by atoms with Crippen molar-refractivity contribution < 1.29 is 14.0 Å². The van der Waals surface area contributed by atoms with Crippen molar-refractivity contribution in [2.24, 2.45) is 5.73 Å². The van der Waals surface area contributed by atoms with Crippen LogP contribution in [0.25, 0.3) is 0 Å². The summed E-state index contributed by atoms with van der Waals surface area (Å²) in [5.41, 5.74) is 5.31. The minimum atomic E-state index is -0.788. The third-order valence-electron chi connectivity index (χ3n) is 2.85. The number of rotatable bonds is 7. The SMILES string of the molecule is NC(=O)C(Cc1ccco1)NC(=O)CSc1ccc(Cl)cc1. The third-order valence-corrected chi connectivity index (χ3v) is 4.11. The van der Waals surface area contributed by atoms with Crippen LogP contribution in [-0.4, -0.2) is 23.6 Å². The molecule has 1 heterocycles. The van der Waals surface area contributed by atoms with Gasteiger partial charge in [0.15, 0.2) is 0 Å². The van der Waals surface area contributed by atoms with Gasteiger partial charge < -0.3 is 15.5 Å². The van der Waals surface area contributed by atoms with E-state index in [9.17, 15) is 9.59 Å². The molecule has 1 atom stereocenters. The van der Waals surface area contributed by atoms with Crippen molar-refractivity contribution in [2.75, 3.05) is 5.75 Å². The number of thioether (sulfide) groups is 1. The molecule has 2 aromatic rings. The Morgan fingerprint density at radius 1 is 1.27 bits per heavy atom. The number of carbonyl (C=O) groups is 2. The topological polar surface area (TPSA) is 85.3 Å². The molecule has 0 aliphatic carbocycles. The number of nitrogens with one attached hydrogen (secondary N) is 1. The van der Waals surface area contributed by atoms with E-state index in [0.29, 0.717) is 10.8 Å². The second-order valence-corrected chi connectivity index (χ2v) is 6.03. The van der Waals surface area contributed by atoms with Crippen molar-refractivity contribution in [1.29, 1.82) is 0 Å². The number of furan rings is 1. The van der Waals surface area contributed by atoms with Gasteiger partial charge in [0.1, 0.15) is 11.8 Å². The maximum atomic E-state index is 11.9. The predicted molar refractivity (Wildman–Crippen MR) is 85.7 cm³/mol. The summed E-state index contributed by atoms with van der Waals surface area (Å²) in [6.07, 6.45) is 1.74. The van der Waals surface area contributed by atoms with Crippen molar-refractivity contribution in [3.8, 4) is 0 Å². The Bertz CT molecular complexity index is 629. The van der Waals surface area contributed by atoms with Crippen LogP contribution in [0.15, 0.2) is 52.0 Å². The third kappa shape index (κ3) is 5.13. The Morgan fingerprint density at radius 3 is 2.59 bits per heavy atom. The van der Waals surface area contributed by atoms with Gasteiger partial charge in [-0.2, -0.15) is 0 Å². The van der Waals surface area contributed by atoms with Crippen molar-refractivity contribution in [2.45, 2.75) is 17.4 Å². The Labute approximate surface area is 137 Å². The zero-order valence-corrected chi connectivity index (χ0v) is 13.2. The van der Waals surface area contributed by atoms with Gasteiger partial charge in [-0.1, -0.05) is 11.6 Å². The molecule has 5 nitrogen and oxygen atoms in total. The molecule has 0 fully saturated rings. The molecule has 1 aromatic heterocycles. The average Bonchev–Trinajstić information content (AvgIpc) is 2.99. The molecule has 1 unspecified atom stereocenters. The number of hydrogen-bond donors (Lipinski definition) is 2. The van der Waals surface area contributed by atoms with Crippen LogP contribution in [0.2, 0.25) is 5.02 Å². The lowest BCUT2D eigenvalue weighted by atomic mass is 10.1. The summed E-state index contributed by atoms with van der Waals surface area (Å²) in [5.74, 6) is -0.0881. The lowest BCUT2D eigenvalue weighted by molar-refractivity contribution is -0.126. The number of primary amides is 1. The highest BCUT2D eigenvalue weighted by Gasteiger charge is 2.19. The van der Waals surface area contributed by atoms with Crippen LogP contribution in [0.3, 0.4) is 0 Å². The molecular weight excluding hydrogens is 324 g/mol. The average molecular weight is 339 g/mol. The highest BCUT2D eigenvalue weighted by Crippen LogP contribution is 2.20. The first-order chi connectivity index (χ1) is 10.5. The summed E-state index contributed by atoms with van der Waals surface area (Å²) < 4.78 is 5.16. The molecule has 2 rings (SSSR count). The van der Waals surface area contributed by atoms with Gasteiger partial charge in [-0.25, -0.2) is 0 Å². The van der Waals surface area contributed by atoms with Gasteiger partial charge >= 0.3 is 0 Å². The number of carbonyl (C=O) groups excluding carboxylic acids is 2. The molecule has 1 aromatic carbocycles. The molecule has 2 amide bonds. The molecule has 0 saturated carbocycles. The van der Waals surface area contributed by atoms with Crippen molar-refractivity contribution in [1.82, 2.24) is 5.32 Å². The van der Waals surface area contributed by atoms with E-state index in [2.05, 4.69) is 5.32 Å². The van der Waals surface area contributed by atoms with E-state index >= 15 is 0 Å². The molecule has 3 N–H and O–H groups in total. The summed E-state index contributed by atoms with van der Waals surface area (Å²) in [6, 6.07) is 9.82. The highest BCUT2D eigenvalue weighted by molar-refractivity contribution is 8.00. The molecule has 0 radical (unpaired) electrons. The second kappa shape index (κ2) is 7.91. The van der Waals surface area contributed by atoms with Gasteiger partial charge in [-0.15, -0.1) is 11.8 Å². The van der Waals surface area contributed by atoms with Crippen LogP contribution in [0.1, 0.15) is 5.76 Å². The predicted octanol–water partition coefficient (Wildman–Crippen LogP) is 2.24. The Balaban J connectivity index is 1.85. The van der Waals surface area contributed by atoms with Gasteiger partial charge in [0.05, 0.1) is 12.0 Å². The van der Waals surface area contributed by atoms with Gasteiger partial charge in [-0.3, -0.25) is 9.59 Å². The van der Waals surface area contributed by atoms with Crippen LogP contribution in [0.4, 0.5) is 0 Å². The maximum Gasteiger partial charge on any atom is 0.240 e. The first-order valence-electron chi connectivity index (χ1n) is 6.54. The second-order valence-electron chi connectivity index (χ2n) is 4.55. The normalized spacial score (nSPS) is 11.9. The quantitative estimate of drug-likeness (QED) is 0.758. The maximum absolute atomic E-state index is 11.9. The number of benzene rings is 1. The van der Waals surface area contributed by atoms with Gasteiger partial charge in [0.2, 0.25) is 11.8 Å². The van der Waals surface area contributed by atoms with E-state index in [-0.39, 0.29) is 18.1 Å². The Hall–Kier alpha value is -1.92. The summed E-state index contributed by atoms with van der Waals surface area (Å²) >= 11 is 7.15. The first-order valence-corrected chi connectivity index (χ1v) is 7.90. The standard InChI is InChI=1S/C15H15ClN2O3S/c16-10-3-5-12(6-4-10)22-9-14(19)18-13(15(17)20)8-11-2-1-7-21-11/h1-7,13H,8-9H2,(H2,17,20)(H,18,19). The monoisotopic (exact) mass is 338 g/mol. The fourth-order valence-electron chi connectivity index (χ4n) is 1.77. The van der Waals surface area contributed by atoms with E-state index < -0.39 is 11.9 Å². The number of halogens is 1. The van der Waals surface area contributed by atoms with E-state index in [1.165, 1.54) is 18.0 Å². The molecule has 0 saturated heterocycles. The lowest BCUT2D eigenvalue weighted by Crippen LogP contribution is -2.46. The fraction of sp³-hybridized carbons (Fsp3) is 0.200. The summed E-state index contributed by atoms with van der Waals surface area (Å²) in [4.78, 5) is 24.3. The van der Waals surface area contributed by atoms with Crippen molar-refractivity contribution >= 4 is 35.2 Å². The minimum Gasteiger partial charge on any atom is -0.469 e. The zero-order valence-electron chi connectivity index (χ0n) is 11.6. The largest absolute Gasteiger partial charge is 0.469 e. The van der Waals surface area contributed by atoms with Crippen molar-refractivity contribution in [3.63, 3.8) is 0 Å². The minimum absolute atomic E-state index is 0.184. The number of nitrogens with two attached hydrogens (primary N) is 1. The molecule has 116 valence electrons. The molecule has 7 heteroatoms. The Morgan fingerprint density at radius 2 is 2.00 bits per heavy atom. The zero-order chi connectivity index (χ0) is 15.9. The van der Waals surface area contributed by atoms with Crippen LogP contribution in [0, 0.1) is 0 Å².